The molecule has 0 aromatic carbocycles. The highest BCUT2D eigenvalue weighted by molar-refractivity contribution is 7.09. The van der Waals surface area contributed by atoms with Crippen LogP contribution in [0.15, 0.2) is 23.7 Å². The molecule has 1 unspecified atom stereocenters. The monoisotopic (exact) mass is 276 g/mol. The van der Waals surface area contributed by atoms with E-state index >= 15 is 0 Å². The van der Waals surface area contributed by atoms with E-state index < -0.39 is 0 Å². The molecule has 0 bridgehead atoms. The van der Waals surface area contributed by atoms with Gasteiger partial charge in [-0.3, -0.25) is 0 Å². The number of thiazole rings is 1. The van der Waals surface area contributed by atoms with Crippen molar-refractivity contribution < 1.29 is 0 Å². The minimum atomic E-state index is 0.327. The molecule has 19 heavy (non-hydrogen) atoms. The molecule has 2 heterocycles. The van der Waals surface area contributed by atoms with E-state index in [1.807, 2.05) is 27.2 Å². The highest BCUT2D eigenvalue weighted by Crippen LogP contribution is 2.17. The Bertz CT molecular complexity index is 520. The van der Waals surface area contributed by atoms with Crippen LogP contribution in [0.1, 0.15) is 29.2 Å². The molecule has 0 fully saturated rings. The number of rotatable bonds is 5. The Morgan fingerprint density at radius 1 is 1.42 bits per heavy atom. The zero-order valence-electron chi connectivity index (χ0n) is 11.8. The molecule has 1 N–H and O–H groups in total. The molecule has 5 heteroatoms. The lowest BCUT2D eigenvalue weighted by Crippen LogP contribution is -2.18. The fraction of sp³-hybridized carbons (Fsp3) is 0.429. The fourth-order valence-corrected chi connectivity index (χ4v) is 2.45. The quantitative estimate of drug-likeness (QED) is 0.911. The maximum atomic E-state index is 4.51. The van der Waals surface area contributed by atoms with Gasteiger partial charge < -0.3 is 10.2 Å². The first-order valence-electron chi connectivity index (χ1n) is 6.35. The second-order valence-electron chi connectivity index (χ2n) is 4.67. The summed E-state index contributed by atoms with van der Waals surface area (Å²) < 4.78 is 0. The van der Waals surface area contributed by atoms with Crippen LogP contribution >= 0.6 is 11.3 Å². The Morgan fingerprint density at radius 2 is 2.21 bits per heavy atom. The summed E-state index contributed by atoms with van der Waals surface area (Å²) in [4.78, 5) is 11.1. The smallest absolute Gasteiger partial charge is 0.128 e. The van der Waals surface area contributed by atoms with E-state index in [0.29, 0.717) is 6.04 Å². The van der Waals surface area contributed by atoms with E-state index in [2.05, 4.69) is 44.6 Å². The van der Waals surface area contributed by atoms with Crippen molar-refractivity contribution in [2.24, 2.45) is 0 Å². The number of nitrogens with one attached hydrogen (secondary N) is 1. The summed E-state index contributed by atoms with van der Waals surface area (Å²) in [6.45, 7) is 4.94. The molecule has 2 aromatic heterocycles. The second kappa shape index (κ2) is 6.12. The van der Waals surface area contributed by atoms with Crippen molar-refractivity contribution in [1.29, 1.82) is 0 Å². The van der Waals surface area contributed by atoms with Crippen molar-refractivity contribution in [3.8, 4) is 0 Å². The van der Waals surface area contributed by atoms with Crippen molar-refractivity contribution in [3.05, 3.63) is 40.0 Å². The SMILES string of the molecule is CNC(C)c1ccc(N(C)Cc2csc(C)n2)nc1. The number of anilines is 1. The number of hydrogen-bond acceptors (Lipinski definition) is 5. The third kappa shape index (κ3) is 3.52. The van der Waals surface area contributed by atoms with Gasteiger partial charge >= 0.3 is 0 Å². The minimum absolute atomic E-state index is 0.327. The average Bonchev–Trinajstić information content (AvgIpc) is 2.83. The van der Waals surface area contributed by atoms with Crippen LogP contribution in [0.3, 0.4) is 0 Å². The summed E-state index contributed by atoms with van der Waals surface area (Å²) in [6, 6.07) is 4.50. The number of nitrogens with zero attached hydrogens (tertiary/aromatic N) is 3. The van der Waals surface area contributed by atoms with Crippen LogP contribution in [0.5, 0.6) is 0 Å². The van der Waals surface area contributed by atoms with Gasteiger partial charge in [-0.15, -0.1) is 11.3 Å². The van der Waals surface area contributed by atoms with Gasteiger partial charge in [0.05, 0.1) is 17.2 Å². The van der Waals surface area contributed by atoms with Crippen molar-refractivity contribution in [2.45, 2.75) is 26.4 Å². The molecular formula is C14H20N4S. The summed E-state index contributed by atoms with van der Waals surface area (Å²) in [6.07, 6.45) is 1.93. The summed E-state index contributed by atoms with van der Waals surface area (Å²) in [7, 11) is 3.99. The number of hydrogen-bond donors (Lipinski definition) is 1. The molecule has 0 saturated carbocycles. The van der Waals surface area contributed by atoms with Gasteiger partial charge in [-0.25, -0.2) is 9.97 Å². The van der Waals surface area contributed by atoms with E-state index in [9.17, 15) is 0 Å². The van der Waals surface area contributed by atoms with E-state index in [0.717, 1.165) is 23.1 Å². The topological polar surface area (TPSA) is 41.0 Å². The lowest BCUT2D eigenvalue weighted by Gasteiger charge is -2.18. The minimum Gasteiger partial charge on any atom is -0.354 e. The lowest BCUT2D eigenvalue weighted by atomic mass is 10.1. The van der Waals surface area contributed by atoms with Gasteiger partial charge in [0, 0.05) is 24.7 Å². The van der Waals surface area contributed by atoms with Crippen LogP contribution in [-0.4, -0.2) is 24.1 Å². The average molecular weight is 276 g/mol. The molecule has 2 aromatic rings. The summed E-state index contributed by atoms with van der Waals surface area (Å²) in [5.41, 5.74) is 2.30. The highest BCUT2D eigenvalue weighted by Gasteiger charge is 2.07. The molecule has 0 radical (unpaired) electrons. The van der Waals surface area contributed by atoms with Gasteiger partial charge in [0.15, 0.2) is 0 Å². The zero-order chi connectivity index (χ0) is 13.8. The normalized spacial score (nSPS) is 12.4. The Kier molecular flexibility index (Phi) is 4.50. The third-order valence-electron chi connectivity index (χ3n) is 3.16. The largest absolute Gasteiger partial charge is 0.354 e. The molecule has 0 aliphatic heterocycles. The van der Waals surface area contributed by atoms with Crippen molar-refractivity contribution >= 4 is 17.2 Å². The molecule has 0 saturated heterocycles. The lowest BCUT2D eigenvalue weighted by molar-refractivity contribution is 0.649. The van der Waals surface area contributed by atoms with Gasteiger partial charge in [0.2, 0.25) is 0 Å². The Morgan fingerprint density at radius 3 is 2.74 bits per heavy atom. The van der Waals surface area contributed by atoms with Crippen LogP contribution in [0, 0.1) is 6.92 Å². The van der Waals surface area contributed by atoms with Crippen molar-refractivity contribution in [3.63, 3.8) is 0 Å². The zero-order valence-corrected chi connectivity index (χ0v) is 12.7. The van der Waals surface area contributed by atoms with Crippen LogP contribution in [-0.2, 0) is 6.54 Å². The number of pyridine rings is 1. The van der Waals surface area contributed by atoms with Crippen molar-refractivity contribution in [2.75, 3.05) is 19.0 Å². The first-order chi connectivity index (χ1) is 9.10. The third-order valence-corrected chi connectivity index (χ3v) is 3.98. The van der Waals surface area contributed by atoms with Gasteiger partial charge in [0.1, 0.15) is 5.82 Å². The standard InChI is InChI=1S/C14H20N4S/c1-10(15-3)12-5-6-14(16-7-12)18(4)8-13-9-19-11(2)17-13/h5-7,9-10,15H,8H2,1-4H3. The van der Waals surface area contributed by atoms with E-state index in [1.54, 1.807) is 11.3 Å². The summed E-state index contributed by atoms with van der Waals surface area (Å²) >= 11 is 1.68. The Labute approximate surface area is 118 Å². The van der Waals surface area contributed by atoms with Crippen LogP contribution in [0.25, 0.3) is 0 Å². The summed E-state index contributed by atoms with van der Waals surface area (Å²) in [5, 5.41) is 6.42. The predicted octanol–water partition coefficient (Wildman–Crippen LogP) is 2.76. The molecule has 2 rings (SSSR count). The first kappa shape index (κ1) is 14.0. The number of aromatic nitrogens is 2. The van der Waals surface area contributed by atoms with E-state index in [1.165, 1.54) is 5.56 Å². The Hall–Kier alpha value is -1.46. The maximum Gasteiger partial charge on any atom is 0.128 e. The molecule has 102 valence electrons. The second-order valence-corrected chi connectivity index (χ2v) is 5.74. The first-order valence-corrected chi connectivity index (χ1v) is 7.23. The summed E-state index contributed by atoms with van der Waals surface area (Å²) in [5.74, 6) is 0.970. The molecule has 0 aliphatic rings. The molecule has 1 atom stereocenters. The van der Waals surface area contributed by atoms with Gasteiger partial charge in [-0.1, -0.05) is 6.07 Å². The Balaban J connectivity index is 2.05. The molecule has 0 aliphatic carbocycles. The van der Waals surface area contributed by atoms with Gasteiger partial charge in [-0.2, -0.15) is 0 Å². The number of aryl methyl sites for hydroxylation is 1. The molecule has 4 nitrogen and oxygen atoms in total. The van der Waals surface area contributed by atoms with Crippen molar-refractivity contribution in [1.82, 2.24) is 15.3 Å². The van der Waals surface area contributed by atoms with E-state index in [4.69, 9.17) is 0 Å². The molecule has 0 spiro atoms. The predicted molar refractivity (Wildman–Crippen MR) is 80.7 cm³/mol. The van der Waals surface area contributed by atoms with Crippen LogP contribution < -0.4 is 10.2 Å². The van der Waals surface area contributed by atoms with Gasteiger partial charge in [-0.05, 0) is 32.5 Å². The van der Waals surface area contributed by atoms with Crippen LogP contribution in [0.4, 0.5) is 5.82 Å². The molecule has 0 amide bonds. The molecular weight excluding hydrogens is 256 g/mol. The van der Waals surface area contributed by atoms with Crippen LogP contribution in [0.2, 0.25) is 0 Å². The van der Waals surface area contributed by atoms with Gasteiger partial charge in [0.25, 0.3) is 0 Å². The maximum absolute atomic E-state index is 4.51. The van der Waals surface area contributed by atoms with E-state index in [-0.39, 0.29) is 0 Å². The highest BCUT2D eigenvalue weighted by atomic mass is 32.1. The fourth-order valence-electron chi connectivity index (χ4n) is 1.85.